The lowest BCUT2D eigenvalue weighted by Crippen LogP contribution is -2.41. The van der Waals surface area contributed by atoms with Gasteiger partial charge in [-0.05, 0) is 69.1 Å². The molecule has 1 saturated heterocycles. The molecule has 0 aliphatic carbocycles. The summed E-state index contributed by atoms with van der Waals surface area (Å²) in [6, 6.07) is 11.8. The molecule has 0 saturated carbocycles. The van der Waals surface area contributed by atoms with Crippen LogP contribution in [0.25, 0.3) is 0 Å². The third kappa shape index (κ3) is 5.82. The fraction of sp³-hybridized carbons (Fsp3) is 0.464. The van der Waals surface area contributed by atoms with Crippen molar-refractivity contribution in [1.82, 2.24) is 10.2 Å². The first kappa shape index (κ1) is 26.8. The Kier molecular flexibility index (Phi) is 8.17. The number of hydrogen-bond acceptors (Lipinski definition) is 4. The minimum atomic E-state index is -4.49. The van der Waals surface area contributed by atoms with Crippen LogP contribution in [0.3, 0.4) is 0 Å². The van der Waals surface area contributed by atoms with Crippen LogP contribution in [0.2, 0.25) is 0 Å². The third-order valence-electron chi connectivity index (χ3n) is 7.15. The van der Waals surface area contributed by atoms with Gasteiger partial charge in [-0.3, -0.25) is 15.0 Å². The number of halogens is 3. The number of hydrogen-bond donors (Lipinski definition) is 1. The van der Waals surface area contributed by atoms with Gasteiger partial charge in [0, 0.05) is 29.2 Å². The second kappa shape index (κ2) is 11.0. The average molecular weight is 518 g/mol. The van der Waals surface area contributed by atoms with Gasteiger partial charge in [0.05, 0.1) is 17.5 Å². The van der Waals surface area contributed by atoms with E-state index in [9.17, 15) is 18.0 Å². The van der Waals surface area contributed by atoms with Gasteiger partial charge in [0.25, 0.3) is 5.91 Å². The molecule has 3 atom stereocenters. The van der Waals surface area contributed by atoms with Gasteiger partial charge < -0.3 is 4.90 Å². The number of rotatable bonds is 5. The minimum Gasteiger partial charge on any atom is -0.304 e. The number of fused-ring (bicyclic) bond motifs is 1. The summed E-state index contributed by atoms with van der Waals surface area (Å²) in [5, 5.41) is 4.10. The van der Waals surface area contributed by atoms with Crippen LogP contribution < -0.4 is 10.2 Å². The normalized spacial score (nSPS) is 22.5. The molecule has 3 unspecified atom stereocenters. The Morgan fingerprint density at radius 2 is 1.89 bits per heavy atom. The highest BCUT2D eigenvalue weighted by Gasteiger charge is 2.39. The Morgan fingerprint density at radius 3 is 2.61 bits per heavy atom. The summed E-state index contributed by atoms with van der Waals surface area (Å²) in [5.41, 5.74) is 2.30. The number of thioether (sulfide) groups is 1. The van der Waals surface area contributed by atoms with Crippen LogP contribution >= 0.6 is 11.8 Å². The predicted octanol–water partition coefficient (Wildman–Crippen LogP) is 6.98. The molecule has 36 heavy (non-hydrogen) atoms. The Hall–Kier alpha value is -2.29. The second-order valence-electron chi connectivity index (χ2n) is 9.85. The molecule has 2 aliphatic rings. The number of nitrogens with one attached hydrogen (secondary N) is 1. The van der Waals surface area contributed by atoms with E-state index in [2.05, 4.69) is 37.7 Å². The highest BCUT2D eigenvalue weighted by Crippen LogP contribution is 2.40. The Bertz CT molecular complexity index is 1120. The largest absolute Gasteiger partial charge is 0.416 e. The van der Waals surface area contributed by atoms with Crippen molar-refractivity contribution in [1.29, 1.82) is 0 Å². The Labute approximate surface area is 215 Å². The van der Waals surface area contributed by atoms with Gasteiger partial charge in [-0.15, -0.1) is 11.8 Å². The van der Waals surface area contributed by atoms with Gasteiger partial charge in [-0.1, -0.05) is 43.2 Å². The van der Waals surface area contributed by atoms with Crippen LogP contribution in [-0.4, -0.2) is 35.9 Å². The lowest BCUT2D eigenvalue weighted by molar-refractivity contribution is -0.138. The van der Waals surface area contributed by atoms with E-state index in [-0.39, 0.29) is 28.8 Å². The van der Waals surface area contributed by atoms with Crippen molar-refractivity contribution in [3.63, 3.8) is 0 Å². The van der Waals surface area contributed by atoms with E-state index in [1.54, 1.807) is 6.07 Å². The summed E-state index contributed by atoms with van der Waals surface area (Å²) >= 11 is 1.88. The topological polar surface area (TPSA) is 35.6 Å². The molecule has 1 fully saturated rings. The van der Waals surface area contributed by atoms with E-state index >= 15 is 0 Å². The SMILES string of the molecule is C=C(C)C1CCCCC(SC(C)c2cccc(N3Cc4c(cccc4C(F)(F)F)C3=O)c2)N(C)CN1. The maximum Gasteiger partial charge on any atom is 0.416 e. The number of benzene rings is 2. The quantitative estimate of drug-likeness (QED) is 0.434. The number of alkyl halides is 3. The van der Waals surface area contributed by atoms with Gasteiger partial charge in [0.15, 0.2) is 0 Å². The summed E-state index contributed by atoms with van der Waals surface area (Å²) in [5.74, 6) is -0.386. The maximum absolute atomic E-state index is 13.5. The molecule has 8 heteroatoms. The van der Waals surface area contributed by atoms with Gasteiger partial charge in [0.2, 0.25) is 0 Å². The van der Waals surface area contributed by atoms with Crippen LogP contribution in [0, 0.1) is 0 Å². The summed E-state index contributed by atoms with van der Waals surface area (Å²) in [7, 11) is 2.13. The fourth-order valence-corrected chi connectivity index (χ4v) is 6.37. The molecule has 2 heterocycles. The molecular weight excluding hydrogens is 483 g/mol. The number of carbonyl (C=O) groups is 1. The molecule has 0 aromatic heterocycles. The molecule has 1 N–H and O–H groups in total. The lowest BCUT2D eigenvalue weighted by Gasteiger charge is -2.30. The first-order valence-corrected chi connectivity index (χ1v) is 13.4. The molecule has 0 bridgehead atoms. The van der Waals surface area contributed by atoms with Crippen molar-refractivity contribution in [2.24, 2.45) is 0 Å². The van der Waals surface area contributed by atoms with E-state index in [0.29, 0.717) is 17.1 Å². The zero-order valence-corrected chi connectivity index (χ0v) is 21.9. The number of anilines is 1. The zero-order valence-electron chi connectivity index (χ0n) is 21.1. The minimum absolute atomic E-state index is 0.0515. The Morgan fingerprint density at radius 1 is 1.17 bits per heavy atom. The number of amides is 1. The monoisotopic (exact) mass is 517 g/mol. The molecule has 4 nitrogen and oxygen atoms in total. The van der Waals surface area contributed by atoms with E-state index < -0.39 is 11.7 Å². The highest BCUT2D eigenvalue weighted by atomic mass is 32.2. The fourth-order valence-electron chi connectivity index (χ4n) is 5.01. The van der Waals surface area contributed by atoms with Crippen LogP contribution in [0.15, 0.2) is 54.6 Å². The van der Waals surface area contributed by atoms with Gasteiger partial charge in [-0.25, -0.2) is 0 Å². The van der Waals surface area contributed by atoms with Crippen LogP contribution in [0.1, 0.15) is 71.8 Å². The van der Waals surface area contributed by atoms with E-state index in [1.807, 2.05) is 30.0 Å². The summed E-state index contributed by atoms with van der Waals surface area (Å²) in [6.07, 6.45) is -0.0219. The molecule has 0 spiro atoms. The summed E-state index contributed by atoms with van der Waals surface area (Å²) in [4.78, 5) is 16.8. The molecule has 0 radical (unpaired) electrons. The summed E-state index contributed by atoms with van der Waals surface area (Å²) < 4.78 is 40.6. The first-order valence-electron chi connectivity index (χ1n) is 12.4. The van der Waals surface area contributed by atoms with Crippen molar-refractivity contribution in [3.8, 4) is 0 Å². The molecule has 194 valence electrons. The van der Waals surface area contributed by atoms with Crippen molar-refractivity contribution in [2.45, 2.75) is 68.9 Å². The highest BCUT2D eigenvalue weighted by molar-refractivity contribution is 8.00. The Balaban J connectivity index is 1.49. The number of nitrogens with zero attached hydrogens (tertiary/aromatic N) is 2. The van der Waals surface area contributed by atoms with E-state index in [4.69, 9.17) is 0 Å². The van der Waals surface area contributed by atoms with Crippen molar-refractivity contribution in [2.75, 3.05) is 18.6 Å². The second-order valence-corrected chi connectivity index (χ2v) is 11.4. The molecule has 2 aliphatic heterocycles. The standard InChI is InChI=1S/C28H34F3N3OS/c1-18(2)25-13-5-6-14-26(33(4)17-32-25)36-19(3)20-9-7-10-21(15-20)34-16-23-22(27(34)35)11-8-12-24(23)28(29,30)31/h7-12,15,19,25-26,32H,1,5-6,13-14,16-17H2,2-4H3. The first-order chi connectivity index (χ1) is 17.1. The van der Waals surface area contributed by atoms with Crippen LogP contribution in [0.4, 0.5) is 18.9 Å². The number of carbonyl (C=O) groups excluding carboxylic acids is 1. The predicted molar refractivity (Wildman–Crippen MR) is 141 cm³/mol. The molecule has 2 aromatic rings. The van der Waals surface area contributed by atoms with Crippen LogP contribution in [0.5, 0.6) is 0 Å². The molecule has 4 rings (SSSR count). The van der Waals surface area contributed by atoms with E-state index in [1.165, 1.54) is 22.6 Å². The van der Waals surface area contributed by atoms with Gasteiger partial charge in [0.1, 0.15) is 0 Å². The van der Waals surface area contributed by atoms with Crippen molar-refractivity contribution in [3.05, 3.63) is 76.9 Å². The smallest absolute Gasteiger partial charge is 0.304 e. The maximum atomic E-state index is 13.5. The van der Waals surface area contributed by atoms with E-state index in [0.717, 1.165) is 44.0 Å². The van der Waals surface area contributed by atoms with Crippen molar-refractivity contribution < 1.29 is 18.0 Å². The third-order valence-corrected chi connectivity index (χ3v) is 8.74. The lowest BCUT2D eigenvalue weighted by atomic mass is 10.0. The molecule has 1 amide bonds. The molecule has 2 aromatic carbocycles. The van der Waals surface area contributed by atoms with Crippen molar-refractivity contribution >= 4 is 23.4 Å². The molecular formula is C28H34F3N3OS. The zero-order chi connectivity index (χ0) is 26.0. The van der Waals surface area contributed by atoms with Gasteiger partial charge in [-0.2, -0.15) is 13.2 Å². The average Bonchev–Trinajstić information content (AvgIpc) is 3.21. The van der Waals surface area contributed by atoms with Crippen LogP contribution in [-0.2, 0) is 12.7 Å². The summed E-state index contributed by atoms with van der Waals surface area (Å²) in [6.45, 7) is 9.05. The van der Waals surface area contributed by atoms with Gasteiger partial charge >= 0.3 is 6.18 Å².